The highest BCUT2D eigenvalue weighted by Crippen LogP contribution is 2.28. The first kappa shape index (κ1) is 15.3. The van der Waals surface area contributed by atoms with E-state index >= 15 is 0 Å². The monoisotopic (exact) mass is 311 g/mol. The molecular formula is C16H16Cl2FN. The average Bonchev–Trinajstić information content (AvgIpc) is 2.37. The predicted molar refractivity (Wildman–Crippen MR) is 82.9 cm³/mol. The molecule has 2 aromatic rings. The third-order valence-corrected chi connectivity index (χ3v) is 3.87. The first-order valence-electron chi connectivity index (χ1n) is 6.34. The molecule has 0 saturated carbocycles. The highest BCUT2D eigenvalue weighted by Gasteiger charge is 2.22. The first-order chi connectivity index (χ1) is 9.37. The number of halogens is 3. The van der Waals surface area contributed by atoms with Crippen molar-refractivity contribution in [3.8, 4) is 0 Å². The molecule has 0 bridgehead atoms. The third kappa shape index (κ3) is 3.95. The normalized spacial score (nSPS) is 14.1. The Morgan fingerprint density at radius 2 is 1.55 bits per heavy atom. The molecule has 0 aliphatic carbocycles. The van der Waals surface area contributed by atoms with Crippen molar-refractivity contribution in [1.82, 2.24) is 0 Å². The van der Waals surface area contributed by atoms with Crippen LogP contribution in [0.15, 0.2) is 42.5 Å². The summed E-state index contributed by atoms with van der Waals surface area (Å²) in [5, 5.41) is 1.24. The van der Waals surface area contributed by atoms with Crippen molar-refractivity contribution in [2.75, 3.05) is 0 Å². The molecule has 20 heavy (non-hydrogen) atoms. The van der Waals surface area contributed by atoms with Crippen molar-refractivity contribution in [3.05, 3.63) is 69.5 Å². The summed E-state index contributed by atoms with van der Waals surface area (Å²) >= 11 is 12.3. The van der Waals surface area contributed by atoms with E-state index in [-0.39, 0.29) is 5.82 Å². The Balaban J connectivity index is 2.16. The second kappa shape index (κ2) is 6.13. The summed E-state index contributed by atoms with van der Waals surface area (Å²) in [6.07, 6.45) is 1.18. The van der Waals surface area contributed by atoms with Crippen LogP contribution in [0.4, 0.5) is 4.39 Å². The maximum atomic E-state index is 12.9. The molecule has 0 saturated heterocycles. The average molecular weight is 312 g/mol. The van der Waals surface area contributed by atoms with Gasteiger partial charge in [0.2, 0.25) is 0 Å². The third-order valence-electron chi connectivity index (χ3n) is 3.16. The Labute approximate surface area is 128 Å². The van der Waals surface area contributed by atoms with E-state index in [0.29, 0.717) is 22.9 Å². The zero-order chi connectivity index (χ0) is 14.8. The number of rotatable bonds is 4. The SMILES string of the molecule is CC(N)(Cc1ccc(F)cc1)Cc1c(Cl)cccc1Cl. The summed E-state index contributed by atoms with van der Waals surface area (Å²) in [5.41, 5.74) is 7.67. The second-order valence-electron chi connectivity index (χ2n) is 5.33. The van der Waals surface area contributed by atoms with Crippen LogP contribution in [0.3, 0.4) is 0 Å². The summed E-state index contributed by atoms with van der Waals surface area (Å²) in [6, 6.07) is 11.8. The van der Waals surface area contributed by atoms with Crippen LogP contribution in [0, 0.1) is 5.82 Å². The fraction of sp³-hybridized carbons (Fsp3) is 0.250. The van der Waals surface area contributed by atoms with Gasteiger partial charge in [0.05, 0.1) is 0 Å². The van der Waals surface area contributed by atoms with E-state index in [1.807, 2.05) is 13.0 Å². The first-order valence-corrected chi connectivity index (χ1v) is 7.09. The Morgan fingerprint density at radius 3 is 2.10 bits per heavy atom. The van der Waals surface area contributed by atoms with Crippen LogP contribution in [0.25, 0.3) is 0 Å². The summed E-state index contributed by atoms with van der Waals surface area (Å²) in [7, 11) is 0. The van der Waals surface area contributed by atoms with Gasteiger partial charge in [-0.25, -0.2) is 4.39 Å². The van der Waals surface area contributed by atoms with Gasteiger partial charge in [0, 0.05) is 15.6 Å². The summed E-state index contributed by atoms with van der Waals surface area (Å²) in [5.74, 6) is -0.248. The Hall–Kier alpha value is -1.09. The minimum Gasteiger partial charge on any atom is -0.325 e. The van der Waals surface area contributed by atoms with E-state index in [2.05, 4.69) is 0 Å². The molecule has 0 radical (unpaired) electrons. The highest BCUT2D eigenvalue weighted by molar-refractivity contribution is 6.36. The summed E-state index contributed by atoms with van der Waals surface area (Å²) < 4.78 is 12.9. The second-order valence-corrected chi connectivity index (χ2v) is 6.15. The largest absolute Gasteiger partial charge is 0.325 e. The van der Waals surface area contributed by atoms with Crippen molar-refractivity contribution in [3.63, 3.8) is 0 Å². The molecule has 0 spiro atoms. The molecule has 4 heteroatoms. The highest BCUT2D eigenvalue weighted by atomic mass is 35.5. The fourth-order valence-corrected chi connectivity index (χ4v) is 2.77. The molecule has 1 atom stereocenters. The van der Waals surface area contributed by atoms with Crippen LogP contribution >= 0.6 is 23.2 Å². The molecule has 1 nitrogen and oxygen atoms in total. The van der Waals surface area contributed by atoms with Gasteiger partial charge in [-0.1, -0.05) is 41.4 Å². The number of nitrogens with two attached hydrogens (primary N) is 1. The van der Waals surface area contributed by atoms with Gasteiger partial charge in [-0.2, -0.15) is 0 Å². The predicted octanol–water partition coefficient (Wildman–Crippen LogP) is 4.64. The van der Waals surface area contributed by atoms with Crippen LogP contribution < -0.4 is 5.73 Å². The molecule has 0 amide bonds. The lowest BCUT2D eigenvalue weighted by Crippen LogP contribution is -2.41. The van der Waals surface area contributed by atoms with E-state index in [9.17, 15) is 4.39 Å². The smallest absolute Gasteiger partial charge is 0.123 e. The number of hydrogen-bond acceptors (Lipinski definition) is 1. The fourth-order valence-electron chi connectivity index (χ4n) is 2.24. The van der Waals surface area contributed by atoms with E-state index in [0.717, 1.165) is 11.1 Å². The zero-order valence-electron chi connectivity index (χ0n) is 11.2. The van der Waals surface area contributed by atoms with Gasteiger partial charge >= 0.3 is 0 Å². The van der Waals surface area contributed by atoms with Crippen molar-refractivity contribution >= 4 is 23.2 Å². The van der Waals surface area contributed by atoms with E-state index < -0.39 is 5.54 Å². The lowest BCUT2D eigenvalue weighted by Gasteiger charge is -2.26. The molecule has 1 unspecified atom stereocenters. The number of hydrogen-bond donors (Lipinski definition) is 1. The van der Waals surface area contributed by atoms with Crippen molar-refractivity contribution in [1.29, 1.82) is 0 Å². The Kier molecular flexibility index (Phi) is 4.69. The lowest BCUT2D eigenvalue weighted by molar-refractivity contribution is 0.462. The molecule has 0 heterocycles. The van der Waals surface area contributed by atoms with Gasteiger partial charge in [-0.3, -0.25) is 0 Å². The molecule has 0 aromatic heterocycles. The van der Waals surface area contributed by atoms with Crippen LogP contribution in [0.5, 0.6) is 0 Å². The molecule has 2 N–H and O–H groups in total. The van der Waals surface area contributed by atoms with E-state index in [1.165, 1.54) is 12.1 Å². The van der Waals surface area contributed by atoms with Gasteiger partial charge in [0.1, 0.15) is 5.82 Å². The topological polar surface area (TPSA) is 26.0 Å². The maximum Gasteiger partial charge on any atom is 0.123 e. The molecule has 0 fully saturated rings. The summed E-state index contributed by atoms with van der Waals surface area (Å²) in [4.78, 5) is 0. The number of benzene rings is 2. The Bertz CT molecular complexity index is 574. The van der Waals surface area contributed by atoms with Crippen LogP contribution in [-0.4, -0.2) is 5.54 Å². The molecule has 2 rings (SSSR count). The van der Waals surface area contributed by atoms with E-state index in [1.54, 1.807) is 24.3 Å². The van der Waals surface area contributed by atoms with Crippen molar-refractivity contribution in [2.24, 2.45) is 5.73 Å². The molecule has 0 aliphatic rings. The van der Waals surface area contributed by atoms with Gasteiger partial charge in [0.15, 0.2) is 0 Å². The molecule has 0 aliphatic heterocycles. The van der Waals surface area contributed by atoms with Crippen LogP contribution in [-0.2, 0) is 12.8 Å². The van der Waals surface area contributed by atoms with E-state index in [4.69, 9.17) is 28.9 Å². The minimum absolute atomic E-state index is 0.248. The van der Waals surface area contributed by atoms with Gasteiger partial charge in [-0.15, -0.1) is 0 Å². The van der Waals surface area contributed by atoms with Crippen molar-refractivity contribution in [2.45, 2.75) is 25.3 Å². The quantitative estimate of drug-likeness (QED) is 0.875. The molecular weight excluding hydrogens is 296 g/mol. The minimum atomic E-state index is -0.507. The van der Waals surface area contributed by atoms with Gasteiger partial charge in [-0.05, 0) is 55.2 Å². The van der Waals surface area contributed by atoms with Gasteiger partial charge in [0.25, 0.3) is 0 Å². The zero-order valence-corrected chi connectivity index (χ0v) is 12.7. The maximum absolute atomic E-state index is 12.9. The van der Waals surface area contributed by atoms with Crippen molar-refractivity contribution < 1.29 is 4.39 Å². The standard InChI is InChI=1S/C16H16Cl2FN/c1-16(20,9-11-5-7-12(19)8-6-11)10-13-14(17)3-2-4-15(13)18/h2-8H,9-10,20H2,1H3. The summed E-state index contributed by atoms with van der Waals surface area (Å²) in [6.45, 7) is 1.94. The molecule has 106 valence electrons. The van der Waals surface area contributed by atoms with Crippen LogP contribution in [0.2, 0.25) is 10.0 Å². The lowest BCUT2D eigenvalue weighted by atomic mass is 9.87. The van der Waals surface area contributed by atoms with Gasteiger partial charge < -0.3 is 5.73 Å². The Morgan fingerprint density at radius 1 is 1.00 bits per heavy atom. The molecule has 2 aromatic carbocycles. The van der Waals surface area contributed by atoms with Crippen LogP contribution in [0.1, 0.15) is 18.1 Å².